The van der Waals surface area contributed by atoms with Crippen LogP contribution in [0.5, 0.6) is 5.75 Å². The first-order valence-electron chi connectivity index (χ1n) is 9.31. The molecule has 0 aliphatic carbocycles. The zero-order valence-corrected chi connectivity index (χ0v) is 17.1. The van der Waals surface area contributed by atoms with Crippen molar-refractivity contribution in [3.05, 3.63) is 35.1 Å². The lowest BCUT2D eigenvalue weighted by atomic mass is 10.1. The summed E-state index contributed by atoms with van der Waals surface area (Å²) in [4.78, 5) is 14.5. The van der Waals surface area contributed by atoms with Gasteiger partial charge in [0.05, 0.1) is 10.8 Å². The van der Waals surface area contributed by atoms with Crippen molar-refractivity contribution in [1.82, 2.24) is 19.7 Å². The molecule has 1 aliphatic heterocycles. The minimum absolute atomic E-state index is 0.179. The highest BCUT2D eigenvalue weighted by atomic mass is 35.5. The fraction of sp³-hybridized carbons (Fsp3) is 0.526. The van der Waals surface area contributed by atoms with Crippen molar-refractivity contribution in [3.63, 3.8) is 0 Å². The average molecular weight is 409 g/mol. The summed E-state index contributed by atoms with van der Waals surface area (Å²) in [6.45, 7) is 2.01. The van der Waals surface area contributed by atoms with Crippen LogP contribution < -0.4 is 4.74 Å². The van der Waals surface area contributed by atoms with Crippen LogP contribution in [0, 0.1) is 0 Å². The number of ether oxygens (including phenoxy) is 1. The van der Waals surface area contributed by atoms with E-state index in [-0.39, 0.29) is 12.5 Å². The molecule has 0 bridgehead atoms. The predicted molar refractivity (Wildman–Crippen MR) is 107 cm³/mol. The topological polar surface area (TPSA) is 60.2 Å². The number of likely N-dealkylation sites (tertiary alicyclic amines) is 1. The zero-order valence-electron chi connectivity index (χ0n) is 15.6. The van der Waals surface area contributed by atoms with Crippen LogP contribution in [-0.2, 0) is 18.4 Å². The van der Waals surface area contributed by atoms with Gasteiger partial charge in [-0.15, -0.1) is 10.2 Å². The number of benzene rings is 1. The number of nitrogens with zero attached hydrogens (tertiary/aromatic N) is 4. The Morgan fingerprint density at radius 3 is 2.59 bits per heavy atom. The molecule has 1 amide bonds. The second kappa shape index (κ2) is 9.99. The molecule has 0 atom stereocenters. The van der Waals surface area contributed by atoms with Gasteiger partial charge < -0.3 is 14.2 Å². The van der Waals surface area contributed by atoms with Crippen LogP contribution in [0.1, 0.15) is 37.9 Å². The van der Waals surface area contributed by atoms with Crippen LogP contribution in [0.3, 0.4) is 0 Å². The molecule has 3 rings (SSSR count). The molecule has 0 N–H and O–H groups in total. The maximum atomic E-state index is 12.5. The summed E-state index contributed by atoms with van der Waals surface area (Å²) < 4.78 is 7.59. The third-order valence-electron chi connectivity index (χ3n) is 4.65. The molecule has 1 aliphatic rings. The number of amides is 1. The Labute approximate surface area is 169 Å². The van der Waals surface area contributed by atoms with E-state index in [0.29, 0.717) is 27.5 Å². The van der Waals surface area contributed by atoms with Crippen LogP contribution in [0.15, 0.2) is 29.4 Å². The van der Waals surface area contributed by atoms with Crippen molar-refractivity contribution in [2.24, 2.45) is 7.05 Å². The fourth-order valence-electron chi connectivity index (χ4n) is 3.01. The summed E-state index contributed by atoms with van der Waals surface area (Å²) in [6, 6.07) is 7.33. The van der Waals surface area contributed by atoms with Gasteiger partial charge in [0.1, 0.15) is 12.4 Å². The molecular weight excluding hydrogens is 384 g/mol. The Morgan fingerprint density at radius 2 is 1.85 bits per heavy atom. The zero-order chi connectivity index (χ0) is 19.1. The van der Waals surface area contributed by atoms with Crippen molar-refractivity contribution in [1.29, 1.82) is 0 Å². The van der Waals surface area contributed by atoms with Crippen LogP contribution in [0.25, 0.3) is 0 Å². The first-order valence-corrected chi connectivity index (χ1v) is 10.7. The van der Waals surface area contributed by atoms with Crippen LogP contribution in [0.2, 0.25) is 5.02 Å². The maximum absolute atomic E-state index is 12.5. The molecular formula is C19H25ClN4O2S. The number of aromatic nitrogens is 3. The lowest BCUT2D eigenvalue weighted by Gasteiger charge is -2.24. The second-order valence-corrected chi connectivity index (χ2v) is 7.96. The average Bonchev–Trinajstić information content (AvgIpc) is 2.99. The largest absolute Gasteiger partial charge is 0.484 e. The number of rotatable bonds is 6. The molecule has 27 heavy (non-hydrogen) atoms. The number of carbonyl (C=O) groups excluding carboxylic acids is 1. The van der Waals surface area contributed by atoms with E-state index >= 15 is 0 Å². The van der Waals surface area contributed by atoms with E-state index in [0.717, 1.165) is 25.9 Å². The lowest BCUT2D eigenvalue weighted by molar-refractivity contribution is -0.128. The smallest absolute Gasteiger partial charge is 0.233 e. The van der Waals surface area contributed by atoms with E-state index in [1.165, 1.54) is 31.0 Å². The summed E-state index contributed by atoms with van der Waals surface area (Å²) in [7, 11) is 1.88. The van der Waals surface area contributed by atoms with E-state index in [1.807, 2.05) is 34.7 Å². The quantitative estimate of drug-likeness (QED) is 0.677. The predicted octanol–water partition coefficient (Wildman–Crippen LogP) is 3.93. The highest BCUT2D eigenvalue weighted by Gasteiger charge is 2.17. The Kier molecular flexibility index (Phi) is 7.41. The van der Waals surface area contributed by atoms with E-state index in [9.17, 15) is 4.79 Å². The molecule has 6 nitrogen and oxygen atoms in total. The van der Waals surface area contributed by atoms with Gasteiger partial charge in [-0.05, 0) is 25.0 Å². The minimum Gasteiger partial charge on any atom is -0.484 e. The molecule has 1 fully saturated rings. The molecule has 1 aromatic carbocycles. The Bertz CT molecular complexity index is 760. The van der Waals surface area contributed by atoms with Crippen molar-refractivity contribution < 1.29 is 9.53 Å². The number of carbonyl (C=O) groups is 1. The highest BCUT2D eigenvalue weighted by Crippen LogP contribution is 2.24. The van der Waals surface area contributed by atoms with Gasteiger partial charge in [-0.1, -0.05) is 54.8 Å². The SMILES string of the molecule is Cn1c(COc2ccccc2Cl)nnc1SCC(=O)N1CCCCCCC1. The Morgan fingerprint density at radius 1 is 1.15 bits per heavy atom. The molecule has 2 heterocycles. The summed E-state index contributed by atoms with van der Waals surface area (Å²) in [5.41, 5.74) is 0. The standard InChI is InChI=1S/C19H25ClN4O2S/c1-23-17(13-26-16-10-6-5-9-15(16)20)21-22-19(23)27-14-18(25)24-11-7-3-2-4-8-12-24/h5-6,9-10H,2-4,7-8,11-14H2,1H3. The van der Waals surface area contributed by atoms with Gasteiger partial charge in [0.25, 0.3) is 0 Å². The highest BCUT2D eigenvalue weighted by molar-refractivity contribution is 7.99. The van der Waals surface area contributed by atoms with Crippen molar-refractivity contribution >= 4 is 29.3 Å². The van der Waals surface area contributed by atoms with Gasteiger partial charge in [-0.3, -0.25) is 4.79 Å². The first kappa shape index (κ1) is 20.0. The van der Waals surface area contributed by atoms with Crippen molar-refractivity contribution in [2.75, 3.05) is 18.8 Å². The molecule has 2 aromatic rings. The van der Waals surface area contributed by atoms with Crippen LogP contribution >= 0.6 is 23.4 Å². The molecule has 1 saturated heterocycles. The van der Waals surface area contributed by atoms with E-state index < -0.39 is 0 Å². The lowest BCUT2D eigenvalue weighted by Crippen LogP contribution is -2.35. The van der Waals surface area contributed by atoms with Gasteiger partial charge in [0.2, 0.25) is 5.91 Å². The summed E-state index contributed by atoms with van der Waals surface area (Å²) in [6.07, 6.45) is 5.92. The minimum atomic E-state index is 0.179. The molecule has 0 radical (unpaired) electrons. The number of halogens is 1. The molecule has 0 unspecified atom stereocenters. The Hall–Kier alpha value is -1.73. The number of thioether (sulfide) groups is 1. The van der Waals surface area contributed by atoms with Gasteiger partial charge in [-0.2, -0.15) is 0 Å². The third kappa shape index (κ3) is 5.62. The summed E-state index contributed by atoms with van der Waals surface area (Å²) in [5, 5.41) is 9.65. The van der Waals surface area contributed by atoms with Gasteiger partial charge in [0.15, 0.2) is 11.0 Å². The van der Waals surface area contributed by atoms with Gasteiger partial charge in [-0.25, -0.2) is 0 Å². The van der Waals surface area contributed by atoms with Crippen molar-refractivity contribution in [2.45, 2.75) is 43.9 Å². The van der Waals surface area contributed by atoms with E-state index in [1.54, 1.807) is 6.07 Å². The fourth-order valence-corrected chi connectivity index (χ4v) is 4.04. The van der Waals surface area contributed by atoms with Crippen LogP contribution in [-0.4, -0.2) is 44.4 Å². The summed E-state index contributed by atoms with van der Waals surface area (Å²) in [5.74, 6) is 1.87. The molecule has 1 aromatic heterocycles. The molecule has 0 spiro atoms. The third-order valence-corrected chi connectivity index (χ3v) is 5.97. The first-order chi connectivity index (χ1) is 13.1. The number of hydrogen-bond acceptors (Lipinski definition) is 5. The van der Waals surface area contributed by atoms with E-state index in [2.05, 4.69) is 10.2 Å². The molecule has 146 valence electrons. The second-order valence-electron chi connectivity index (χ2n) is 6.61. The maximum Gasteiger partial charge on any atom is 0.233 e. The number of hydrogen-bond donors (Lipinski definition) is 0. The molecule has 8 heteroatoms. The van der Waals surface area contributed by atoms with Crippen LogP contribution in [0.4, 0.5) is 0 Å². The monoisotopic (exact) mass is 408 g/mol. The van der Waals surface area contributed by atoms with Gasteiger partial charge in [0, 0.05) is 20.1 Å². The van der Waals surface area contributed by atoms with E-state index in [4.69, 9.17) is 16.3 Å². The Balaban J connectivity index is 1.52. The van der Waals surface area contributed by atoms with Crippen molar-refractivity contribution in [3.8, 4) is 5.75 Å². The summed E-state index contributed by atoms with van der Waals surface area (Å²) >= 11 is 7.52. The van der Waals surface area contributed by atoms with Gasteiger partial charge >= 0.3 is 0 Å². The number of para-hydroxylation sites is 1. The normalized spacial score (nSPS) is 15.3. The molecule has 0 saturated carbocycles.